The molecule has 27 heavy (non-hydrogen) atoms. The third-order valence-corrected chi connectivity index (χ3v) is 8.95. The molecule has 3 fully saturated rings. The van der Waals surface area contributed by atoms with Gasteiger partial charge in [-0.25, -0.2) is 0 Å². The molecule has 4 heteroatoms. The Morgan fingerprint density at radius 3 is 2.19 bits per heavy atom. The van der Waals surface area contributed by atoms with Crippen molar-refractivity contribution >= 4 is 11.9 Å². The van der Waals surface area contributed by atoms with Crippen molar-refractivity contribution in [1.82, 2.24) is 0 Å². The first-order chi connectivity index (χ1) is 13.0. The molecule has 0 aromatic rings. The average Bonchev–Trinajstić information content (AvgIpc) is 3.45. The zero-order valence-corrected chi connectivity index (χ0v) is 16.1. The van der Waals surface area contributed by atoms with E-state index in [2.05, 4.69) is 19.1 Å². The number of carbonyl (C=O) groups is 2. The van der Waals surface area contributed by atoms with Gasteiger partial charge in [0.15, 0.2) is 0 Å². The van der Waals surface area contributed by atoms with E-state index < -0.39 is 0 Å². The standard InChI is InChI=1S/C23H28O4/c1-23(10-11-3-6-14(23)7-11)27-22(25)20-16-9-15(19(20)21(24)26-2)17-12-4-5-13(8-12)18(16)17/h4-5,11-16,19-20H,3,6-10H2,1-2H3. The van der Waals surface area contributed by atoms with Crippen LogP contribution in [0.2, 0.25) is 0 Å². The molecule has 0 radical (unpaired) electrons. The highest BCUT2D eigenvalue weighted by atomic mass is 16.6. The summed E-state index contributed by atoms with van der Waals surface area (Å²) in [5.74, 6) is 1.53. The molecule has 9 atom stereocenters. The number of rotatable bonds is 3. The number of fused-ring (bicyclic) bond motifs is 10. The van der Waals surface area contributed by atoms with Crippen molar-refractivity contribution in [3.8, 4) is 0 Å². The van der Waals surface area contributed by atoms with Crippen molar-refractivity contribution in [2.45, 2.75) is 51.0 Å². The maximum absolute atomic E-state index is 13.4. The van der Waals surface area contributed by atoms with Crippen LogP contribution in [0.25, 0.3) is 0 Å². The lowest BCUT2D eigenvalue weighted by Crippen LogP contribution is -2.44. The van der Waals surface area contributed by atoms with Crippen LogP contribution in [0.5, 0.6) is 0 Å². The van der Waals surface area contributed by atoms with Crippen LogP contribution in [0.3, 0.4) is 0 Å². The van der Waals surface area contributed by atoms with Gasteiger partial charge in [0, 0.05) is 0 Å². The lowest BCUT2D eigenvalue weighted by Gasteiger charge is -2.38. The van der Waals surface area contributed by atoms with Crippen LogP contribution in [0, 0.1) is 47.3 Å². The number of esters is 2. The molecule has 3 saturated carbocycles. The first kappa shape index (κ1) is 16.4. The van der Waals surface area contributed by atoms with E-state index >= 15 is 0 Å². The number of carbonyl (C=O) groups excluding carboxylic acids is 2. The maximum Gasteiger partial charge on any atom is 0.310 e. The van der Waals surface area contributed by atoms with Gasteiger partial charge in [0.2, 0.25) is 0 Å². The summed E-state index contributed by atoms with van der Waals surface area (Å²) in [6, 6.07) is 0. The minimum Gasteiger partial charge on any atom is -0.469 e. The van der Waals surface area contributed by atoms with E-state index in [1.165, 1.54) is 37.5 Å². The van der Waals surface area contributed by atoms with E-state index in [9.17, 15) is 9.59 Å². The Morgan fingerprint density at radius 1 is 0.963 bits per heavy atom. The van der Waals surface area contributed by atoms with E-state index in [-0.39, 0.29) is 41.2 Å². The van der Waals surface area contributed by atoms with Crippen LogP contribution in [-0.2, 0) is 19.1 Å². The highest BCUT2D eigenvalue weighted by Gasteiger charge is 2.63. The van der Waals surface area contributed by atoms with Crippen LogP contribution in [-0.4, -0.2) is 24.6 Å². The predicted molar refractivity (Wildman–Crippen MR) is 98.3 cm³/mol. The van der Waals surface area contributed by atoms with Gasteiger partial charge < -0.3 is 9.47 Å². The van der Waals surface area contributed by atoms with Gasteiger partial charge in [0.25, 0.3) is 0 Å². The molecule has 9 unspecified atom stereocenters. The molecule has 0 N–H and O–H groups in total. The van der Waals surface area contributed by atoms with E-state index in [4.69, 9.17) is 9.47 Å². The van der Waals surface area contributed by atoms with Gasteiger partial charge >= 0.3 is 11.9 Å². The maximum atomic E-state index is 13.4. The van der Waals surface area contributed by atoms with Gasteiger partial charge in [-0.2, -0.15) is 0 Å². The third kappa shape index (κ3) is 2.00. The van der Waals surface area contributed by atoms with Gasteiger partial charge in [-0.05, 0) is 81.0 Å². The Hall–Kier alpha value is -1.58. The minimum atomic E-state index is -0.346. The smallest absolute Gasteiger partial charge is 0.310 e. The van der Waals surface area contributed by atoms with Crippen LogP contribution in [0.4, 0.5) is 0 Å². The zero-order valence-electron chi connectivity index (χ0n) is 16.1. The second kappa shape index (κ2) is 5.27. The van der Waals surface area contributed by atoms with Gasteiger partial charge in [0.1, 0.15) is 5.60 Å². The highest BCUT2D eigenvalue weighted by Crippen LogP contribution is 2.66. The second-order valence-electron chi connectivity index (χ2n) is 10.1. The SMILES string of the molecule is COC(=O)C1C2CC(C3=C2C2C=CC3C2)C1C(=O)OC1(C)CC2CCC1C2. The number of ether oxygens (including phenoxy) is 2. The van der Waals surface area contributed by atoms with E-state index in [0.717, 1.165) is 19.3 Å². The highest BCUT2D eigenvalue weighted by molar-refractivity contribution is 5.86. The number of hydrogen-bond donors (Lipinski definition) is 0. The summed E-state index contributed by atoms with van der Waals surface area (Å²) in [5.41, 5.74) is 2.62. The van der Waals surface area contributed by atoms with Crippen LogP contribution in [0.15, 0.2) is 23.3 Å². The summed E-state index contributed by atoms with van der Waals surface area (Å²) in [6.45, 7) is 2.13. The normalized spacial score (nSPS) is 50.6. The summed E-state index contributed by atoms with van der Waals surface area (Å²) in [5, 5.41) is 0. The molecular formula is C23H28O4. The fourth-order valence-corrected chi connectivity index (χ4v) is 8.01. The molecule has 6 aliphatic rings. The van der Waals surface area contributed by atoms with Gasteiger partial charge in [-0.1, -0.05) is 23.3 Å². The van der Waals surface area contributed by atoms with Crippen LogP contribution < -0.4 is 0 Å². The monoisotopic (exact) mass is 368 g/mol. The largest absolute Gasteiger partial charge is 0.469 e. The van der Waals surface area contributed by atoms with Crippen molar-refractivity contribution in [3.05, 3.63) is 23.3 Å². The summed E-state index contributed by atoms with van der Waals surface area (Å²) in [4.78, 5) is 26.1. The molecule has 6 aliphatic carbocycles. The van der Waals surface area contributed by atoms with E-state index in [1.807, 2.05) is 0 Å². The fourth-order valence-electron chi connectivity index (χ4n) is 8.01. The fraction of sp³-hybridized carbons (Fsp3) is 0.739. The molecule has 6 rings (SSSR count). The third-order valence-electron chi connectivity index (χ3n) is 8.95. The Bertz CT molecular complexity index is 794. The Labute approximate surface area is 160 Å². The molecule has 0 spiro atoms. The summed E-state index contributed by atoms with van der Waals surface area (Å²) < 4.78 is 11.4. The van der Waals surface area contributed by atoms with Crippen molar-refractivity contribution in [1.29, 1.82) is 0 Å². The van der Waals surface area contributed by atoms with Gasteiger partial charge in [-0.3, -0.25) is 9.59 Å². The van der Waals surface area contributed by atoms with Gasteiger partial charge in [0.05, 0.1) is 18.9 Å². The van der Waals surface area contributed by atoms with Crippen molar-refractivity contribution < 1.29 is 19.1 Å². The average molecular weight is 368 g/mol. The first-order valence-corrected chi connectivity index (χ1v) is 10.7. The topological polar surface area (TPSA) is 52.6 Å². The van der Waals surface area contributed by atoms with Crippen molar-refractivity contribution in [3.63, 3.8) is 0 Å². The molecule has 0 aromatic carbocycles. The summed E-state index contributed by atoms with van der Waals surface area (Å²) in [6.07, 6.45) is 11.4. The lowest BCUT2D eigenvalue weighted by molar-refractivity contribution is -0.175. The number of allylic oxidation sites excluding steroid dienone is 4. The number of methoxy groups -OCH3 is 1. The quantitative estimate of drug-likeness (QED) is 0.433. The molecule has 6 bridgehead atoms. The molecule has 0 amide bonds. The van der Waals surface area contributed by atoms with E-state index in [1.54, 1.807) is 0 Å². The number of hydrogen-bond acceptors (Lipinski definition) is 4. The van der Waals surface area contributed by atoms with E-state index in [0.29, 0.717) is 23.7 Å². The Morgan fingerprint density at radius 2 is 1.63 bits per heavy atom. The first-order valence-electron chi connectivity index (χ1n) is 10.7. The van der Waals surface area contributed by atoms with Crippen LogP contribution >= 0.6 is 0 Å². The molecule has 144 valence electrons. The van der Waals surface area contributed by atoms with Gasteiger partial charge in [-0.15, -0.1) is 0 Å². The molecule has 4 nitrogen and oxygen atoms in total. The predicted octanol–water partition coefficient (Wildman–Crippen LogP) is 3.67. The molecule has 0 saturated heterocycles. The van der Waals surface area contributed by atoms with Crippen molar-refractivity contribution in [2.24, 2.45) is 47.3 Å². The molecule has 0 heterocycles. The minimum absolute atomic E-state index is 0.133. The van der Waals surface area contributed by atoms with Crippen LogP contribution in [0.1, 0.15) is 45.4 Å². The molecular weight excluding hydrogens is 340 g/mol. The summed E-state index contributed by atoms with van der Waals surface area (Å²) in [7, 11) is 1.45. The summed E-state index contributed by atoms with van der Waals surface area (Å²) >= 11 is 0. The second-order valence-corrected chi connectivity index (χ2v) is 10.1. The zero-order chi connectivity index (χ0) is 18.5. The van der Waals surface area contributed by atoms with Crippen molar-refractivity contribution in [2.75, 3.05) is 7.11 Å². The Kier molecular flexibility index (Phi) is 3.20. The Balaban J connectivity index is 1.32. The molecule has 0 aromatic heterocycles. The molecule has 0 aliphatic heterocycles. The lowest BCUT2D eigenvalue weighted by atomic mass is 9.72.